The summed E-state index contributed by atoms with van der Waals surface area (Å²) in [7, 11) is 1.66. The summed E-state index contributed by atoms with van der Waals surface area (Å²) < 4.78 is 11.3. The first-order valence-electron chi connectivity index (χ1n) is 12.2. The van der Waals surface area contributed by atoms with Gasteiger partial charge in [0.25, 0.3) is 0 Å². The normalized spacial score (nSPS) is 20.9. The molecule has 0 saturated carbocycles. The van der Waals surface area contributed by atoms with Crippen LogP contribution in [0.15, 0.2) is 48.5 Å². The van der Waals surface area contributed by atoms with Gasteiger partial charge in [-0.15, -0.1) is 0 Å². The van der Waals surface area contributed by atoms with Gasteiger partial charge in [0.05, 0.1) is 19.8 Å². The zero-order valence-corrected chi connectivity index (χ0v) is 19.4. The van der Waals surface area contributed by atoms with Crippen molar-refractivity contribution in [2.45, 2.75) is 50.7 Å². The van der Waals surface area contributed by atoms with Gasteiger partial charge in [-0.1, -0.05) is 30.7 Å². The van der Waals surface area contributed by atoms with Crippen LogP contribution in [0.2, 0.25) is 0 Å². The Labute approximate surface area is 192 Å². The molecule has 1 N–H and O–H groups in total. The van der Waals surface area contributed by atoms with Crippen LogP contribution in [0.5, 0.6) is 11.5 Å². The molecule has 0 aliphatic carbocycles. The van der Waals surface area contributed by atoms with Crippen LogP contribution in [0.25, 0.3) is 0 Å². The van der Waals surface area contributed by atoms with Crippen molar-refractivity contribution in [3.63, 3.8) is 0 Å². The third-order valence-corrected chi connectivity index (χ3v) is 6.85. The van der Waals surface area contributed by atoms with Crippen molar-refractivity contribution >= 4 is 0 Å². The summed E-state index contributed by atoms with van der Waals surface area (Å²) in [5.41, 5.74) is 2.22. The summed E-state index contributed by atoms with van der Waals surface area (Å²) in [6, 6.07) is 16.6. The third-order valence-electron chi connectivity index (χ3n) is 6.85. The predicted molar refractivity (Wildman–Crippen MR) is 128 cm³/mol. The van der Waals surface area contributed by atoms with Crippen molar-refractivity contribution in [2.75, 3.05) is 46.4 Å². The molecule has 2 aromatic rings. The number of β-amino-alcohol motifs (C(OH)–C–C–N with tert-alkyl or cyclic N) is 1. The van der Waals surface area contributed by atoms with E-state index in [0.717, 1.165) is 56.0 Å². The molecule has 2 atom stereocenters. The topological polar surface area (TPSA) is 45.2 Å². The molecular formula is C27H38N2O3. The van der Waals surface area contributed by atoms with Crippen molar-refractivity contribution in [3.8, 4) is 11.5 Å². The molecule has 2 unspecified atom stereocenters. The number of methoxy groups -OCH3 is 1. The van der Waals surface area contributed by atoms with Crippen molar-refractivity contribution in [1.29, 1.82) is 0 Å². The Balaban J connectivity index is 1.29. The average Bonchev–Trinajstić information content (AvgIpc) is 3.31. The number of hydrogen-bond donors (Lipinski definition) is 1. The molecule has 2 aromatic carbocycles. The van der Waals surface area contributed by atoms with E-state index in [0.29, 0.717) is 12.6 Å². The lowest BCUT2D eigenvalue weighted by Crippen LogP contribution is -2.31. The largest absolute Gasteiger partial charge is 0.497 e. The molecule has 2 saturated heterocycles. The second-order valence-corrected chi connectivity index (χ2v) is 9.12. The molecule has 0 spiro atoms. The van der Waals surface area contributed by atoms with Crippen molar-refractivity contribution in [1.82, 2.24) is 9.80 Å². The number of ether oxygens (including phenoxy) is 2. The van der Waals surface area contributed by atoms with Gasteiger partial charge < -0.3 is 19.5 Å². The minimum atomic E-state index is -0.504. The fourth-order valence-corrected chi connectivity index (χ4v) is 5.05. The molecule has 174 valence electrons. The van der Waals surface area contributed by atoms with Gasteiger partial charge in [-0.2, -0.15) is 0 Å². The van der Waals surface area contributed by atoms with Gasteiger partial charge in [0.15, 0.2) is 0 Å². The van der Waals surface area contributed by atoms with Crippen LogP contribution in [-0.4, -0.2) is 61.3 Å². The van der Waals surface area contributed by atoms with Crippen molar-refractivity contribution < 1.29 is 14.6 Å². The highest BCUT2D eigenvalue weighted by Gasteiger charge is 2.28. The Morgan fingerprint density at radius 2 is 1.78 bits per heavy atom. The first kappa shape index (κ1) is 23.1. The molecule has 0 amide bonds. The van der Waals surface area contributed by atoms with Crippen LogP contribution in [0.3, 0.4) is 0 Å². The van der Waals surface area contributed by atoms with E-state index in [2.05, 4.69) is 34.1 Å². The molecule has 2 heterocycles. The van der Waals surface area contributed by atoms with Crippen LogP contribution in [0.1, 0.15) is 61.8 Å². The van der Waals surface area contributed by atoms with Gasteiger partial charge in [-0.05, 0) is 87.1 Å². The summed E-state index contributed by atoms with van der Waals surface area (Å²) in [6.45, 7) is 6.05. The number of hydrogen-bond acceptors (Lipinski definition) is 5. The maximum Gasteiger partial charge on any atom is 0.119 e. The summed E-state index contributed by atoms with van der Waals surface area (Å²) in [4.78, 5) is 4.97. The van der Waals surface area contributed by atoms with Crippen LogP contribution in [0.4, 0.5) is 0 Å². The monoisotopic (exact) mass is 438 g/mol. The lowest BCUT2D eigenvalue weighted by Gasteiger charge is -2.28. The van der Waals surface area contributed by atoms with Crippen LogP contribution in [0, 0.1) is 0 Å². The molecular weight excluding hydrogens is 400 g/mol. The van der Waals surface area contributed by atoms with Crippen molar-refractivity contribution in [2.24, 2.45) is 0 Å². The molecule has 4 rings (SSSR count). The highest BCUT2D eigenvalue weighted by molar-refractivity contribution is 5.32. The van der Waals surface area contributed by atoms with Gasteiger partial charge in [-0.25, -0.2) is 0 Å². The summed E-state index contributed by atoms with van der Waals surface area (Å²) in [5.74, 6) is 1.77. The quantitative estimate of drug-likeness (QED) is 0.539. The number of nitrogens with zero attached hydrogens (tertiary/aromatic N) is 2. The fourth-order valence-electron chi connectivity index (χ4n) is 5.05. The Morgan fingerprint density at radius 3 is 2.56 bits per heavy atom. The first-order valence-corrected chi connectivity index (χ1v) is 12.2. The number of aliphatic hydroxyl groups is 1. The molecule has 0 radical (unpaired) electrons. The zero-order chi connectivity index (χ0) is 22.2. The molecule has 0 bridgehead atoms. The van der Waals surface area contributed by atoms with Crippen LogP contribution >= 0.6 is 0 Å². The Kier molecular flexibility index (Phi) is 8.43. The first-order chi connectivity index (χ1) is 15.7. The van der Waals surface area contributed by atoms with Gasteiger partial charge in [0.2, 0.25) is 0 Å². The predicted octanol–water partition coefficient (Wildman–Crippen LogP) is 4.82. The summed E-state index contributed by atoms with van der Waals surface area (Å²) in [5, 5.41) is 10.8. The smallest absolute Gasteiger partial charge is 0.119 e. The minimum absolute atomic E-state index is 0.333. The Morgan fingerprint density at radius 1 is 0.969 bits per heavy atom. The van der Waals surface area contributed by atoms with E-state index >= 15 is 0 Å². The van der Waals surface area contributed by atoms with E-state index in [4.69, 9.17) is 9.47 Å². The van der Waals surface area contributed by atoms with E-state index in [1.54, 1.807) is 7.11 Å². The highest BCUT2D eigenvalue weighted by Crippen LogP contribution is 2.35. The van der Waals surface area contributed by atoms with E-state index in [-0.39, 0.29) is 0 Å². The second-order valence-electron chi connectivity index (χ2n) is 9.12. The number of rotatable bonds is 10. The van der Waals surface area contributed by atoms with Gasteiger partial charge in [0, 0.05) is 19.1 Å². The van der Waals surface area contributed by atoms with Gasteiger partial charge >= 0.3 is 0 Å². The van der Waals surface area contributed by atoms with E-state index in [1.807, 2.05) is 24.3 Å². The Bertz CT molecular complexity index is 820. The van der Waals surface area contributed by atoms with Gasteiger partial charge in [0.1, 0.15) is 11.5 Å². The van der Waals surface area contributed by atoms with Crippen LogP contribution < -0.4 is 9.47 Å². The van der Waals surface area contributed by atoms with Gasteiger partial charge in [-0.3, -0.25) is 4.90 Å². The van der Waals surface area contributed by atoms with Crippen molar-refractivity contribution in [3.05, 3.63) is 59.7 Å². The third kappa shape index (κ3) is 6.25. The highest BCUT2D eigenvalue weighted by atomic mass is 16.5. The lowest BCUT2D eigenvalue weighted by atomic mass is 10.0. The molecule has 0 aromatic heterocycles. The maximum atomic E-state index is 10.8. The molecule has 2 fully saturated rings. The standard InChI is InChI=1S/C27H38N2O3/c1-31-24-13-11-22(12-14-24)27(30)21-29-18-6-10-26(29)23-8-5-9-25(20-23)32-19-7-17-28-15-3-2-4-16-28/h5,8-9,11-14,20,26-27,30H,2-4,6-7,10,15-19,21H2,1H3. The zero-order valence-electron chi connectivity index (χ0n) is 19.4. The fraction of sp³-hybridized carbons (Fsp3) is 0.556. The molecule has 2 aliphatic rings. The Hall–Kier alpha value is -2.08. The minimum Gasteiger partial charge on any atom is -0.497 e. The number of piperidine rings is 1. The van der Waals surface area contributed by atoms with E-state index in [1.165, 1.54) is 37.9 Å². The SMILES string of the molecule is COc1ccc(C(O)CN2CCCC2c2cccc(OCCCN3CCCCC3)c2)cc1. The van der Waals surface area contributed by atoms with Crippen LogP contribution in [-0.2, 0) is 0 Å². The number of benzene rings is 2. The molecule has 5 nitrogen and oxygen atoms in total. The van der Waals surface area contributed by atoms with E-state index < -0.39 is 6.10 Å². The maximum absolute atomic E-state index is 10.8. The molecule has 32 heavy (non-hydrogen) atoms. The molecule has 5 heteroatoms. The molecule has 2 aliphatic heterocycles. The lowest BCUT2D eigenvalue weighted by molar-refractivity contribution is 0.106. The summed E-state index contributed by atoms with van der Waals surface area (Å²) >= 11 is 0. The number of likely N-dealkylation sites (tertiary alicyclic amines) is 2. The number of aliphatic hydroxyl groups excluding tert-OH is 1. The average molecular weight is 439 g/mol. The second kappa shape index (κ2) is 11.7. The summed E-state index contributed by atoms with van der Waals surface area (Å²) in [6.07, 6.45) is 6.91. The van der Waals surface area contributed by atoms with E-state index in [9.17, 15) is 5.11 Å².